The number of aryl methyl sites for hydroxylation is 2. The lowest BCUT2D eigenvalue weighted by molar-refractivity contribution is 0.174. The van der Waals surface area contributed by atoms with Crippen molar-refractivity contribution in [1.82, 2.24) is 14.6 Å². The topological polar surface area (TPSA) is 87.8 Å². The average molecular weight is 543 g/mol. The van der Waals surface area contributed by atoms with Gasteiger partial charge in [-0.2, -0.15) is 9.78 Å². The van der Waals surface area contributed by atoms with Crippen LogP contribution in [-0.2, 0) is 17.8 Å². The fourth-order valence-corrected chi connectivity index (χ4v) is 5.53. The molecule has 0 spiro atoms. The number of fused-ring (bicyclic) bond motifs is 4. The van der Waals surface area contributed by atoms with Gasteiger partial charge in [-0.3, -0.25) is 4.79 Å². The number of halogens is 1. The van der Waals surface area contributed by atoms with Crippen LogP contribution in [0.5, 0.6) is 11.5 Å². The molecule has 0 aliphatic carbocycles. The van der Waals surface area contributed by atoms with E-state index < -0.39 is 0 Å². The standard InChI is InChI=1S/C24H23BrN4O4S/c1-4-5-6-19-28-21-20-15(11-31-3)7-13(2)27-23(20)34-22(21)24(30)29(19)26-10-14-8-17-18(9-16(14)25)33-12-32-17/h7-10H,4-6,11-12H2,1-3H3. The van der Waals surface area contributed by atoms with Crippen LogP contribution in [0.3, 0.4) is 0 Å². The third kappa shape index (κ3) is 4.10. The number of pyridine rings is 1. The number of benzene rings is 1. The molecule has 5 rings (SSSR count). The summed E-state index contributed by atoms with van der Waals surface area (Å²) in [6.45, 7) is 4.66. The molecule has 0 radical (unpaired) electrons. The highest BCUT2D eigenvalue weighted by Gasteiger charge is 2.20. The Labute approximate surface area is 208 Å². The minimum Gasteiger partial charge on any atom is -0.454 e. The molecule has 0 atom stereocenters. The lowest BCUT2D eigenvalue weighted by atomic mass is 10.1. The molecule has 0 saturated carbocycles. The van der Waals surface area contributed by atoms with Gasteiger partial charge < -0.3 is 14.2 Å². The quantitative estimate of drug-likeness (QED) is 0.299. The number of ether oxygens (including phenoxy) is 3. The van der Waals surface area contributed by atoms with Crippen LogP contribution in [-0.4, -0.2) is 34.8 Å². The van der Waals surface area contributed by atoms with Gasteiger partial charge >= 0.3 is 0 Å². The molecule has 0 fully saturated rings. The maximum Gasteiger partial charge on any atom is 0.292 e. The highest BCUT2D eigenvalue weighted by atomic mass is 79.9. The van der Waals surface area contributed by atoms with Crippen LogP contribution in [0.4, 0.5) is 0 Å². The Morgan fingerprint density at radius 1 is 1.26 bits per heavy atom. The summed E-state index contributed by atoms with van der Waals surface area (Å²) in [6, 6.07) is 5.66. The predicted octanol–water partition coefficient (Wildman–Crippen LogP) is 5.18. The Morgan fingerprint density at radius 3 is 2.82 bits per heavy atom. The van der Waals surface area contributed by atoms with Gasteiger partial charge in [-0.05, 0) is 53.0 Å². The lowest BCUT2D eigenvalue weighted by Crippen LogP contribution is -2.21. The summed E-state index contributed by atoms with van der Waals surface area (Å²) in [5.41, 5.74) is 3.10. The van der Waals surface area contributed by atoms with Crippen LogP contribution in [0.2, 0.25) is 0 Å². The summed E-state index contributed by atoms with van der Waals surface area (Å²) in [7, 11) is 1.66. The minimum atomic E-state index is -0.201. The van der Waals surface area contributed by atoms with Crippen LogP contribution in [0, 0.1) is 6.92 Å². The molecule has 10 heteroatoms. The zero-order chi connectivity index (χ0) is 23.8. The van der Waals surface area contributed by atoms with E-state index in [-0.39, 0.29) is 12.4 Å². The van der Waals surface area contributed by atoms with Crippen molar-refractivity contribution in [2.75, 3.05) is 13.9 Å². The monoisotopic (exact) mass is 542 g/mol. The zero-order valence-electron chi connectivity index (χ0n) is 19.1. The second-order valence-corrected chi connectivity index (χ2v) is 9.89. The maximum absolute atomic E-state index is 13.6. The lowest BCUT2D eigenvalue weighted by Gasteiger charge is -2.09. The van der Waals surface area contributed by atoms with Gasteiger partial charge in [0, 0.05) is 34.6 Å². The first kappa shape index (κ1) is 22.9. The largest absolute Gasteiger partial charge is 0.454 e. The van der Waals surface area contributed by atoms with Crippen molar-refractivity contribution in [3.8, 4) is 11.5 Å². The minimum absolute atomic E-state index is 0.189. The molecule has 3 aromatic heterocycles. The molecule has 1 aliphatic heterocycles. The van der Waals surface area contributed by atoms with Gasteiger partial charge in [-0.1, -0.05) is 13.3 Å². The molecule has 0 amide bonds. The van der Waals surface area contributed by atoms with Crippen molar-refractivity contribution >= 4 is 53.9 Å². The summed E-state index contributed by atoms with van der Waals surface area (Å²) in [5.74, 6) is 1.94. The van der Waals surface area contributed by atoms with Gasteiger partial charge in [0.25, 0.3) is 5.56 Å². The van der Waals surface area contributed by atoms with Crippen molar-refractivity contribution in [2.45, 2.75) is 39.7 Å². The summed E-state index contributed by atoms with van der Waals surface area (Å²) >= 11 is 4.90. The van der Waals surface area contributed by atoms with E-state index in [0.717, 1.165) is 44.4 Å². The fourth-order valence-electron chi connectivity index (χ4n) is 3.97. The Balaban J connectivity index is 1.69. The average Bonchev–Trinajstić information content (AvgIpc) is 3.41. The summed E-state index contributed by atoms with van der Waals surface area (Å²) in [5, 5.41) is 5.45. The van der Waals surface area contributed by atoms with E-state index in [4.69, 9.17) is 19.2 Å². The first-order chi connectivity index (χ1) is 16.5. The van der Waals surface area contributed by atoms with Crippen LogP contribution >= 0.6 is 27.3 Å². The third-order valence-corrected chi connectivity index (χ3v) is 7.32. The summed E-state index contributed by atoms with van der Waals surface area (Å²) in [6.07, 6.45) is 4.15. The van der Waals surface area contributed by atoms with E-state index >= 15 is 0 Å². The highest BCUT2D eigenvalue weighted by molar-refractivity contribution is 9.10. The smallest absolute Gasteiger partial charge is 0.292 e. The molecule has 0 N–H and O–H groups in total. The molecule has 0 bridgehead atoms. The van der Waals surface area contributed by atoms with Crippen molar-refractivity contribution in [3.05, 3.63) is 55.7 Å². The van der Waals surface area contributed by atoms with Gasteiger partial charge in [0.05, 0.1) is 18.3 Å². The third-order valence-electron chi connectivity index (χ3n) is 5.58. The zero-order valence-corrected chi connectivity index (χ0v) is 21.5. The second kappa shape index (κ2) is 9.44. The molecule has 1 aliphatic rings. The van der Waals surface area contributed by atoms with E-state index in [1.54, 1.807) is 13.3 Å². The van der Waals surface area contributed by atoms with E-state index in [1.165, 1.54) is 16.0 Å². The number of hydrogen-bond donors (Lipinski definition) is 0. The first-order valence-electron chi connectivity index (χ1n) is 11.0. The molecular formula is C24H23BrN4O4S. The Bertz CT molecular complexity index is 1490. The van der Waals surface area contributed by atoms with Gasteiger partial charge in [-0.15, -0.1) is 11.3 Å². The summed E-state index contributed by atoms with van der Waals surface area (Å²) < 4.78 is 19.0. The Morgan fingerprint density at radius 2 is 2.06 bits per heavy atom. The van der Waals surface area contributed by atoms with Crippen LogP contribution in [0.1, 0.15) is 42.4 Å². The van der Waals surface area contributed by atoms with E-state index in [9.17, 15) is 4.79 Å². The van der Waals surface area contributed by atoms with E-state index in [0.29, 0.717) is 40.6 Å². The number of unbranched alkanes of at least 4 members (excludes halogenated alkanes) is 1. The normalized spacial score (nSPS) is 13.1. The van der Waals surface area contributed by atoms with Gasteiger partial charge in [0.2, 0.25) is 6.79 Å². The number of aromatic nitrogens is 3. The molecule has 34 heavy (non-hydrogen) atoms. The molecule has 0 saturated heterocycles. The van der Waals surface area contributed by atoms with Gasteiger partial charge in [0.1, 0.15) is 15.4 Å². The van der Waals surface area contributed by atoms with Crippen molar-refractivity contribution in [2.24, 2.45) is 5.10 Å². The molecule has 1 aromatic carbocycles. The van der Waals surface area contributed by atoms with Gasteiger partial charge in [-0.25, -0.2) is 9.97 Å². The van der Waals surface area contributed by atoms with E-state index in [2.05, 4.69) is 32.9 Å². The second-order valence-electron chi connectivity index (χ2n) is 8.04. The van der Waals surface area contributed by atoms with Crippen LogP contribution in [0.15, 0.2) is 32.6 Å². The number of rotatable bonds is 7. The Kier molecular flexibility index (Phi) is 6.37. The molecule has 0 unspecified atom stereocenters. The van der Waals surface area contributed by atoms with Crippen molar-refractivity contribution in [1.29, 1.82) is 0 Å². The molecule has 176 valence electrons. The molecule has 8 nitrogen and oxygen atoms in total. The molecule has 4 aromatic rings. The van der Waals surface area contributed by atoms with Crippen molar-refractivity contribution in [3.63, 3.8) is 0 Å². The fraction of sp³-hybridized carbons (Fsp3) is 0.333. The van der Waals surface area contributed by atoms with Crippen LogP contribution < -0.4 is 15.0 Å². The van der Waals surface area contributed by atoms with Crippen LogP contribution in [0.25, 0.3) is 20.4 Å². The number of hydrogen-bond acceptors (Lipinski definition) is 8. The first-order valence-corrected chi connectivity index (χ1v) is 12.6. The maximum atomic E-state index is 13.6. The van der Waals surface area contributed by atoms with Gasteiger partial charge in [0.15, 0.2) is 11.5 Å². The SMILES string of the molecule is CCCCc1nc2c(sc3nc(C)cc(COC)c32)c(=O)n1N=Cc1cc2c(cc1Br)OCO2. The number of thiophene rings is 1. The predicted molar refractivity (Wildman–Crippen MR) is 136 cm³/mol. The highest BCUT2D eigenvalue weighted by Crippen LogP contribution is 2.36. The number of methoxy groups -OCH3 is 1. The molecule has 4 heterocycles. The summed E-state index contributed by atoms with van der Waals surface area (Å²) in [4.78, 5) is 24.0. The molecular weight excluding hydrogens is 520 g/mol. The van der Waals surface area contributed by atoms with Crippen molar-refractivity contribution < 1.29 is 14.2 Å². The number of nitrogens with zero attached hydrogens (tertiary/aromatic N) is 4. The van der Waals surface area contributed by atoms with E-state index in [1.807, 2.05) is 25.1 Å². The Hall–Kier alpha value is -2.82.